The standard InChI is InChI=1S/C24H18BrFN4O/c25-20-8-9-23-22(14-20)19(15-27-23)10-11-28-30-29-24(31)18-6-4-16(5-7-18)12-17-2-1-3-21(26)13-17/h1-9,13-15H,10-12H2/p+1. The summed E-state index contributed by atoms with van der Waals surface area (Å²) in [5, 5.41) is 8.80. The van der Waals surface area contributed by atoms with Crippen molar-refractivity contribution >= 4 is 32.7 Å². The fraction of sp³-hybridized carbons (Fsp3) is 0.125. The lowest BCUT2D eigenvalue weighted by molar-refractivity contribution is 0.0992. The molecule has 0 aliphatic carbocycles. The lowest BCUT2D eigenvalue weighted by Crippen LogP contribution is -1.96. The Bertz CT molecular complexity index is 1290. The molecule has 154 valence electrons. The molecule has 0 saturated heterocycles. The summed E-state index contributed by atoms with van der Waals surface area (Å²) < 4.78 is 14.3. The van der Waals surface area contributed by atoms with Gasteiger partial charge >= 0.3 is 5.91 Å². The first-order chi connectivity index (χ1) is 15.1. The highest BCUT2D eigenvalue weighted by molar-refractivity contribution is 9.10. The minimum absolute atomic E-state index is 0.258. The van der Waals surface area contributed by atoms with E-state index in [4.69, 9.17) is 0 Å². The maximum Gasteiger partial charge on any atom is 0.360 e. The molecule has 7 heteroatoms. The van der Waals surface area contributed by atoms with E-state index < -0.39 is 5.91 Å². The molecule has 1 N–H and O–H groups in total. The molecule has 0 atom stereocenters. The highest BCUT2D eigenvalue weighted by Gasteiger charge is 2.10. The summed E-state index contributed by atoms with van der Waals surface area (Å²) in [6, 6.07) is 19.6. The zero-order chi connectivity index (χ0) is 21.6. The van der Waals surface area contributed by atoms with E-state index in [2.05, 4.69) is 42.1 Å². The van der Waals surface area contributed by atoms with E-state index >= 15 is 0 Å². The van der Waals surface area contributed by atoms with Crippen LogP contribution in [0.5, 0.6) is 0 Å². The van der Waals surface area contributed by atoms with Crippen molar-refractivity contribution in [1.82, 2.24) is 9.90 Å². The number of carbonyl (C=O) groups is 1. The molecule has 0 aliphatic rings. The first-order valence-corrected chi connectivity index (χ1v) is 10.6. The third kappa shape index (κ3) is 5.40. The maximum atomic E-state index is 13.3. The van der Waals surface area contributed by atoms with Crippen LogP contribution < -0.4 is 4.91 Å². The summed E-state index contributed by atoms with van der Waals surface area (Å²) in [4.78, 5) is 19.1. The SMILES string of the molecule is O=C(N=[N+]=NCCc1c[nH]c2ccc(Br)cc12)c1ccc(Cc2cccc(F)c2)cc1. The van der Waals surface area contributed by atoms with Crippen LogP contribution in [-0.4, -0.2) is 17.4 Å². The van der Waals surface area contributed by atoms with Gasteiger partial charge in [-0.3, -0.25) is 4.79 Å². The smallest absolute Gasteiger partial charge is 0.360 e. The van der Waals surface area contributed by atoms with E-state index in [-0.39, 0.29) is 5.82 Å². The molecule has 4 rings (SSSR count). The predicted octanol–water partition coefficient (Wildman–Crippen LogP) is 6.01. The molecule has 0 aliphatic heterocycles. The van der Waals surface area contributed by atoms with Gasteiger partial charge in [0, 0.05) is 33.6 Å². The molecule has 1 heterocycles. The Morgan fingerprint density at radius 1 is 1.03 bits per heavy atom. The fourth-order valence-electron chi connectivity index (χ4n) is 3.35. The first kappa shape index (κ1) is 20.8. The van der Waals surface area contributed by atoms with Crippen molar-refractivity contribution in [2.75, 3.05) is 6.54 Å². The molecule has 3 aromatic carbocycles. The number of amides is 1. The van der Waals surface area contributed by atoms with E-state index in [9.17, 15) is 9.18 Å². The molecule has 0 bridgehead atoms. The predicted molar refractivity (Wildman–Crippen MR) is 122 cm³/mol. The van der Waals surface area contributed by atoms with E-state index in [0.29, 0.717) is 24.9 Å². The van der Waals surface area contributed by atoms with Crippen LogP contribution >= 0.6 is 15.9 Å². The molecular formula is C24H19BrFN4O+. The van der Waals surface area contributed by atoms with Gasteiger partial charge in [0.2, 0.25) is 10.0 Å². The van der Waals surface area contributed by atoms with Crippen molar-refractivity contribution in [3.8, 4) is 0 Å². The number of carbonyl (C=O) groups excluding carboxylic acids is 1. The van der Waals surface area contributed by atoms with Crippen molar-refractivity contribution < 1.29 is 9.18 Å². The van der Waals surface area contributed by atoms with Crippen LogP contribution in [0.25, 0.3) is 10.9 Å². The van der Waals surface area contributed by atoms with Crippen LogP contribution in [0, 0.1) is 5.82 Å². The Morgan fingerprint density at radius 2 is 1.87 bits per heavy atom. The second-order valence-corrected chi connectivity index (χ2v) is 8.03. The molecule has 0 radical (unpaired) electrons. The number of nitrogens with one attached hydrogen (secondary N) is 1. The Kier molecular flexibility index (Phi) is 6.46. The Balaban J connectivity index is 1.34. The van der Waals surface area contributed by atoms with E-state index in [1.807, 2.05) is 36.5 Å². The van der Waals surface area contributed by atoms with Crippen molar-refractivity contribution in [3.05, 3.63) is 105 Å². The molecule has 0 saturated carbocycles. The minimum Gasteiger partial charge on any atom is -0.361 e. The van der Waals surface area contributed by atoms with E-state index in [0.717, 1.165) is 32.1 Å². The number of halogens is 2. The van der Waals surface area contributed by atoms with Crippen LogP contribution in [0.15, 0.2) is 87.6 Å². The zero-order valence-electron chi connectivity index (χ0n) is 16.6. The number of H-pyrrole nitrogens is 1. The number of aromatic nitrogens is 1. The van der Waals surface area contributed by atoms with Crippen LogP contribution in [0.4, 0.5) is 4.39 Å². The number of nitrogens with zero attached hydrogens (tertiary/aromatic N) is 3. The van der Waals surface area contributed by atoms with E-state index in [1.165, 1.54) is 12.1 Å². The Hall–Kier alpha value is -3.41. The summed E-state index contributed by atoms with van der Waals surface area (Å²) in [6.07, 6.45) is 3.24. The molecular weight excluding hydrogens is 459 g/mol. The number of rotatable bonds is 6. The summed E-state index contributed by atoms with van der Waals surface area (Å²) in [5.74, 6) is -0.705. The quantitative estimate of drug-likeness (QED) is 0.267. The van der Waals surface area contributed by atoms with Gasteiger partial charge in [-0.05, 0) is 65.6 Å². The number of hydrogen-bond acceptors (Lipinski definition) is 2. The third-order valence-corrected chi connectivity index (χ3v) is 5.40. The summed E-state index contributed by atoms with van der Waals surface area (Å²) >= 11 is 3.48. The topological polar surface area (TPSA) is 71.7 Å². The Morgan fingerprint density at radius 3 is 2.68 bits per heavy atom. The summed E-state index contributed by atoms with van der Waals surface area (Å²) in [7, 11) is 0. The van der Waals surface area contributed by atoms with Gasteiger partial charge in [-0.2, -0.15) is 0 Å². The second kappa shape index (κ2) is 9.60. The van der Waals surface area contributed by atoms with Gasteiger partial charge < -0.3 is 4.98 Å². The van der Waals surface area contributed by atoms with Crippen LogP contribution in [0.2, 0.25) is 0 Å². The lowest BCUT2D eigenvalue weighted by Gasteiger charge is -2.02. The summed E-state index contributed by atoms with van der Waals surface area (Å²) in [5.41, 5.74) is 4.49. The third-order valence-electron chi connectivity index (χ3n) is 4.91. The second-order valence-electron chi connectivity index (χ2n) is 7.12. The largest absolute Gasteiger partial charge is 0.361 e. The number of hydrogen-bond donors (Lipinski definition) is 1. The van der Waals surface area contributed by atoms with Gasteiger partial charge in [0.25, 0.3) is 0 Å². The van der Waals surface area contributed by atoms with Gasteiger partial charge in [0.05, 0.1) is 0 Å². The maximum absolute atomic E-state index is 13.3. The van der Waals surface area contributed by atoms with Crippen molar-refractivity contribution in [3.63, 3.8) is 0 Å². The van der Waals surface area contributed by atoms with Gasteiger partial charge in [0.15, 0.2) is 0 Å². The number of fused-ring (bicyclic) bond motifs is 1. The normalized spacial score (nSPS) is 10.6. The highest BCUT2D eigenvalue weighted by atomic mass is 79.9. The van der Waals surface area contributed by atoms with Gasteiger partial charge in [-0.15, -0.1) is 0 Å². The first-order valence-electron chi connectivity index (χ1n) is 9.79. The van der Waals surface area contributed by atoms with Crippen LogP contribution in [-0.2, 0) is 12.8 Å². The molecule has 5 nitrogen and oxygen atoms in total. The van der Waals surface area contributed by atoms with Gasteiger partial charge in [0.1, 0.15) is 17.5 Å². The molecule has 4 aromatic rings. The van der Waals surface area contributed by atoms with E-state index in [1.54, 1.807) is 18.2 Å². The lowest BCUT2D eigenvalue weighted by atomic mass is 10.0. The highest BCUT2D eigenvalue weighted by Crippen LogP contribution is 2.23. The monoisotopic (exact) mass is 477 g/mol. The van der Waals surface area contributed by atoms with Crippen molar-refractivity contribution in [1.29, 1.82) is 0 Å². The molecule has 31 heavy (non-hydrogen) atoms. The van der Waals surface area contributed by atoms with Gasteiger partial charge in [-0.1, -0.05) is 40.2 Å². The minimum atomic E-state index is -0.447. The van der Waals surface area contributed by atoms with Crippen molar-refractivity contribution in [2.24, 2.45) is 10.2 Å². The fourth-order valence-corrected chi connectivity index (χ4v) is 3.71. The summed E-state index contributed by atoms with van der Waals surface area (Å²) in [6.45, 7) is 0.433. The average molecular weight is 478 g/mol. The molecule has 0 spiro atoms. The Labute approximate surface area is 186 Å². The molecule has 0 fully saturated rings. The van der Waals surface area contributed by atoms with Crippen LogP contribution in [0.3, 0.4) is 0 Å². The molecule has 1 amide bonds. The average Bonchev–Trinajstić information content (AvgIpc) is 3.16. The molecule has 1 aromatic heterocycles. The zero-order valence-corrected chi connectivity index (χ0v) is 18.1. The van der Waals surface area contributed by atoms with Gasteiger partial charge in [-0.25, -0.2) is 4.39 Å². The number of aromatic amines is 1. The van der Waals surface area contributed by atoms with Crippen LogP contribution in [0.1, 0.15) is 27.0 Å². The molecule has 0 unspecified atom stereocenters. The van der Waals surface area contributed by atoms with Crippen molar-refractivity contribution in [2.45, 2.75) is 12.8 Å². The number of benzene rings is 3.